The maximum Gasteiger partial charge on any atom is 0.169 e. The van der Waals surface area contributed by atoms with Crippen LogP contribution in [0.3, 0.4) is 0 Å². The molecule has 2 rings (SSSR count). The summed E-state index contributed by atoms with van der Waals surface area (Å²) in [6.07, 6.45) is 3.91. The Morgan fingerprint density at radius 1 is 1.38 bits per heavy atom. The molecular weight excluding hydrogens is 227 g/mol. The van der Waals surface area contributed by atoms with E-state index in [1.54, 1.807) is 24.5 Å². The van der Waals surface area contributed by atoms with Crippen molar-refractivity contribution >= 4 is 11.3 Å². The van der Waals surface area contributed by atoms with Crippen molar-refractivity contribution in [3.05, 3.63) is 47.6 Å². The lowest BCUT2D eigenvalue weighted by Crippen LogP contribution is -1.82. The molecule has 0 atom stereocenters. The molecule has 1 N–H and O–H groups in total. The van der Waals surface area contributed by atoms with E-state index < -0.39 is 5.83 Å². The number of allylic oxidation sites excluding steroid dienone is 1. The van der Waals surface area contributed by atoms with Crippen LogP contribution in [-0.4, -0.2) is 15.1 Å². The standard InChI is InChI=1S/C11H9FN2OS/c12-8(7-15)6-9-2-3-10(16-9)11-13-4-1-5-14-11/h1-5,7,15H,6H2/b8-7-. The third kappa shape index (κ3) is 2.43. The van der Waals surface area contributed by atoms with E-state index in [1.807, 2.05) is 6.07 Å². The topological polar surface area (TPSA) is 46.0 Å². The van der Waals surface area contributed by atoms with Crippen molar-refractivity contribution in [2.24, 2.45) is 0 Å². The highest BCUT2D eigenvalue weighted by Crippen LogP contribution is 2.26. The molecule has 0 saturated heterocycles. The first-order valence-electron chi connectivity index (χ1n) is 4.64. The van der Waals surface area contributed by atoms with Crippen LogP contribution >= 0.6 is 11.3 Å². The van der Waals surface area contributed by atoms with Crippen molar-refractivity contribution in [1.29, 1.82) is 0 Å². The van der Waals surface area contributed by atoms with Gasteiger partial charge in [0.15, 0.2) is 5.82 Å². The molecule has 2 aromatic rings. The lowest BCUT2D eigenvalue weighted by atomic mass is 10.3. The molecule has 0 spiro atoms. The van der Waals surface area contributed by atoms with Gasteiger partial charge in [-0.2, -0.15) is 0 Å². The minimum atomic E-state index is -0.553. The van der Waals surface area contributed by atoms with Gasteiger partial charge in [0, 0.05) is 23.7 Å². The average molecular weight is 236 g/mol. The number of thiophene rings is 1. The van der Waals surface area contributed by atoms with Crippen LogP contribution in [0.15, 0.2) is 42.7 Å². The number of nitrogens with zero attached hydrogens (tertiary/aromatic N) is 2. The number of aliphatic hydroxyl groups excluding tert-OH is 1. The van der Waals surface area contributed by atoms with Crippen molar-refractivity contribution in [2.45, 2.75) is 6.42 Å². The summed E-state index contributed by atoms with van der Waals surface area (Å²) in [5.41, 5.74) is 0. The molecule has 0 aromatic carbocycles. The molecule has 2 heterocycles. The van der Waals surface area contributed by atoms with Crippen LogP contribution in [-0.2, 0) is 6.42 Å². The van der Waals surface area contributed by atoms with E-state index in [-0.39, 0.29) is 6.42 Å². The van der Waals surface area contributed by atoms with Gasteiger partial charge in [-0.3, -0.25) is 0 Å². The Morgan fingerprint density at radius 3 is 2.81 bits per heavy atom. The van der Waals surface area contributed by atoms with Crippen molar-refractivity contribution < 1.29 is 9.50 Å². The summed E-state index contributed by atoms with van der Waals surface area (Å²) in [4.78, 5) is 9.92. The van der Waals surface area contributed by atoms with Gasteiger partial charge in [-0.05, 0) is 18.2 Å². The summed E-state index contributed by atoms with van der Waals surface area (Å²) in [6, 6.07) is 5.39. The molecule has 16 heavy (non-hydrogen) atoms. The first kappa shape index (κ1) is 10.8. The highest BCUT2D eigenvalue weighted by atomic mass is 32.1. The fourth-order valence-corrected chi connectivity index (χ4v) is 2.19. The maximum absolute atomic E-state index is 12.8. The van der Waals surface area contributed by atoms with Crippen molar-refractivity contribution in [2.75, 3.05) is 0 Å². The number of aromatic nitrogens is 2. The van der Waals surface area contributed by atoms with Gasteiger partial charge in [-0.25, -0.2) is 14.4 Å². The van der Waals surface area contributed by atoms with Gasteiger partial charge < -0.3 is 5.11 Å². The number of hydrogen-bond donors (Lipinski definition) is 1. The van der Waals surface area contributed by atoms with Gasteiger partial charge in [-0.15, -0.1) is 11.3 Å². The number of hydrogen-bond acceptors (Lipinski definition) is 4. The lowest BCUT2D eigenvalue weighted by Gasteiger charge is -1.93. The minimum Gasteiger partial charge on any atom is -0.513 e. The summed E-state index contributed by atoms with van der Waals surface area (Å²) >= 11 is 1.41. The second-order valence-electron chi connectivity index (χ2n) is 3.09. The van der Waals surface area contributed by atoms with E-state index in [9.17, 15) is 4.39 Å². The molecule has 0 saturated carbocycles. The molecule has 2 aromatic heterocycles. The van der Waals surface area contributed by atoms with Crippen LogP contribution in [0, 0.1) is 0 Å². The zero-order chi connectivity index (χ0) is 11.4. The summed E-state index contributed by atoms with van der Waals surface area (Å²) in [7, 11) is 0. The molecule has 3 nitrogen and oxygen atoms in total. The van der Waals surface area contributed by atoms with Crippen molar-refractivity contribution in [3.8, 4) is 10.7 Å². The van der Waals surface area contributed by atoms with Crippen LogP contribution < -0.4 is 0 Å². The quantitative estimate of drug-likeness (QED) is 0.833. The fraction of sp³-hybridized carbons (Fsp3) is 0.0909. The molecule has 0 amide bonds. The Kier molecular flexibility index (Phi) is 3.26. The molecule has 0 unspecified atom stereocenters. The summed E-state index contributed by atoms with van der Waals surface area (Å²) in [6.45, 7) is 0. The van der Waals surface area contributed by atoms with Crippen molar-refractivity contribution in [1.82, 2.24) is 9.97 Å². The summed E-state index contributed by atoms with van der Waals surface area (Å²) < 4.78 is 12.8. The van der Waals surface area contributed by atoms with Crippen LogP contribution in [0.2, 0.25) is 0 Å². The average Bonchev–Trinajstić information content (AvgIpc) is 2.78. The second-order valence-corrected chi connectivity index (χ2v) is 4.26. The van der Waals surface area contributed by atoms with Gasteiger partial charge >= 0.3 is 0 Å². The van der Waals surface area contributed by atoms with E-state index in [0.29, 0.717) is 12.1 Å². The Morgan fingerprint density at radius 2 is 2.12 bits per heavy atom. The number of rotatable bonds is 3. The Hall–Kier alpha value is -1.75. The molecule has 5 heteroatoms. The molecular formula is C11H9FN2OS. The first-order chi connectivity index (χ1) is 7.79. The third-order valence-corrected chi connectivity index (χ3v) is 3.01. The van der Waals surface area contributed by atoms with Crippen LogP contribution in [0.5, 0.6) is 0 Å². The Bertz CT molecular complexity index is 496. The molecule has 0 radical (unpaired) electrons. The van der Waals surface area contributed by atoms with Crippen LogP contribution in [0.25, 0.3) is 10.7 Å². The maximum atomic E-state index is 12.8. The highest BCUT2D eigenvalue weighted by Gasteiger charge is 2.06. The normalized spacial score (nSPS) is 11.7. The van der Waals surface area contributed by atoms with Gasteiger partial charge in [0.1, 0.15) is 12.1 Å². The molecule has 0 aliphatic carbocycles. The molecule has 82 valence electrons. The Labute approximate surface area is 95.9 Å². The molecule has 0 aliphatic rings. The third-order valence-electron chi connectivity index (χ3n) is 1.93. The smallest absolute Gasteiger partial charge is 0.169 e. The SMILES string of the molecule is O/C=C(\F)Cc1ccc(-c2ncccn2)s1. The minimum absolute atomic E-state index is 0.105. The lowest BCUT2D eigenvalue weighted by molar-refractivity contribution is 0.436. The van der Waals surface area contributed by atoms with Gasteiger partial charge in [0.05, 0.1) is 4.88 Å². The van der Waals surface area contributed by atoms with E-state index in [2.05, 4.69) is 9.97 Å². The largest absolute Gasteiger partial charge is 0.513 e. The summed E-state index contributed by atoms with van der Waals surface area (Å²) in [5.74, 6) is 0.0783. The van der Waals surface area contributed by atoms with Gasteiger partial charge in [0.25, 0.3) is 0 Å². The zero-order valence-electron chi connectivity index (χ0n) is 8.30. The van der Waals surface area contributed by atoms with Crippen molar-refractivity contribution in [3.63, 3.8) is 0 Å². The van der Waals surface area contributed by atoms with E-state index in [1.165, 1.54) is 11.3 Å². The number of halogens is 1. The zero-order valence-corrected chi connectivity index (χ0v) is 9.12. The van der Waals surface area contributed by atoms with Crippen LogP contribution in [0.4, 0.5) is 4.39 Å². The summed E-state index contributed by atoms with van der Waals surface area (Å²) in [5, 5.41) is 8.46. The fourth-order valence-electron chi connectivity index (χ4n) is 1.23. The van der Waals surface area contributed by atoms with E-state index in [4.69, 9.17) is 5.11 Å². The highest BCUT2D eigenvalue weighted by molar-refractivity contribution is 7.15. The predicted octanol–water partition coefficient (Wildman–Crippen LogP) is 3.12. The number of aliphatic hydroxyl groups is 1. The van der Waals surface area contributed by atoms with Gasteiger partial charge in [0.2, 0.25) is 0 Å². The van der Waals surface area contributed by atoms with E-state index in [0.717, 1.165) is 9.75 Å². The predicted molar refractivity (Wildman–Crippen MR) is 60.9 cm³/mol. The van der Waals surface area contributed by atoms with Gasteiger partial charge in [-0.1, -0.05) is 0 Å². The molecule has 0 aliphatic heterocycles. The van der Waals surface area contributed by atoms with E-state index >= 15 is 0 Å². The monoisotopic (exact) mass is 236 g/mol. The molecule has 0 fully saturated rings. The Balaban J connectivity index is 2.20. The second kappa shape index (κ2) is 4.85. The first-order valence-corrected chi connectivity index (χ1v) is 5.46. The molecule has 0 bridgehead atoms. The van der Waals surface area contributed by atoms with Crippen LogP contribution in [0.1, 0.15) is 4.88 Å².